The quantitative estimate of drug-likeness (QED) is 0.0480. The van der Waals surface area contributed by atoms with E-state index in [0.29, 0.717) is 5.56 Å². The van der Waals surface area contributed by atoms with Crippen molar-refractivity contribution in [2.24, 2.45) is 5.16 Å². The molecule has 0 spiro atoms. The zero-order valence-electron chi connectivity index (χ0n) is 23.3. The molecule has 2 atom stereocenters. The molecule has 0 bridgehead atoms. The fraction of sp³-hybridized carbons (Fsp3) is 0.348. The molecule has 3 N–H and O–H groups in total. The first-order valence-corrected chi connectivity index (χ1v) is 15.0. The molecule has 1 saturated heterocycles. The highest BCUT2D eigenvalue weighted by Gasteiger charge is 2.58. The zero-order chi connectivity index (χ0) is 33.7. The van der Waals surface area contributed by atoms with E-state index in [1.807, 2.05) is 0 Å². The number of nitro benzene ring substituents is 1. The van der Waals surface area contributed by atoms with Crippen molar-refractivity contribution < 1.29 is 56.2 Å². The Labute approximate surface area is 262 Å². The summed E-state index contributed by atoms with van der Waals surface area (Å²) >= 11 is 6.30. The number of nitrogens with zero attached hydrogens (tertiary/aromatic N) is 4. The van der Waals surface area contributed by atoms with Crippen LogP contribution in [0, 0.1) is 10.1 Å². The number of benzene rings is 1. The maximum Gasteiger partial charge on any atom is 0.363 e. The Kier molecular flexibility index (Phi) is 10.8. The summed E-state index contributed by atoms with van der Waals surface area (Å²) in [7, 11) is -4.33. The van der Waals surface area contributed by atoms with E-state index in [-0.39, 0.29) is 27.4 Å². The predicted octanol–water partition coefficient (Wildman–Crippen LogP) is 0.143. The van der Waals surface area contributed by atoms with Crippen LogP contribution in [-0.2, 0) is 55.2 Å². The normalized spacial score (nSPS) is 16.7. The summed E-state index contributed by atoms with van der Waals surface area (Å²) in [4.78, 5) is 81.9. The number of esters is 2. The lowest BCUT2D eigenvalue weighted by molar-refractivity contribution is -0.384. The van der Waals surface area contributed by atoms with E-state index < -0.39 is 74.2 Å². The van der Waals surface area contributed by atoms with E-state index in [2.05, 4.69) is 25.5 Å². The number of hydrogen-bond donors (Lipinski definition) is 3. The van der Waals surface area contributed by atoms with E-state index in [1.54, 1.807) is 0 Å². The first-order chi connectivity index (χ1) is 21.0. The molecule has 1 aromatic carbocycles. The number of alkyl halides is 1. The Morgan fingerprint density at radius 1 is 1.24 bits per heavy atom. The second kappa shape index (κ2) is 13.9. The minimum atomic E-state index is -5.21. The van der Waals surface area contributed by atoms with Crippen LogP contribution in [0.3, 0.4) is 0 Å². The molecular weight excluding hydrogens is 668 g/mol. The number of oxime groups is 1. The number of anilines is 1. The van der Waals surface area contributed by atoms with Gasteiger partial charge in [-0.3, -0.25) is 29.1 Å². The van der Waals surface area contributed by atoms with Crippen LogP contribution in [0.5, 0.6) is 0 Å². The molecule has 1 fully saturated rings. The van der Waals surface area contributed by atoms with Gasteiger partial charge in [-0.05, 0) is 31.5 Å². The van der Waals surface area contributed by atoms with Crippen LogP contribution >= 0.6 is 22.9 Å². The Hall–Kier alpha value is -4.73. The van der Waals surface area contributed by atoms with Gasteiger partial charge in [0.1, 0.15) is 24.2 Å². The average molecular weight is 691 g/mol. The van der Waals surface area contributed by atoms with Crippen molar-refractivity contribution in [2.75, 3.05) is 18.3 Å². The Morgan fingerprint density at radius 3 is 2.44 bits per heavy atom. The highest BCUT2D eigenvalue weighted by Crippen LogP contribution is 2.25. The second-order valence-corrected chi connectivity index (χ2v) is 11.7. The minimum absolute atomic E-state index is 0.0392. The van der Waals surface area contributed by atoms with Gasteiger partial charge in [0.25, 0.3) is 17.5 Å². The van der Waals surface area contributed by atoms with Crippen molar-refractivity contribution in [1.82, 2.24) is 14.6 Å². The topological polar surface area (TPSA) is 263 Å². The van der Waals surface area contributed by atoms with Gasteiger partial charge in [-0.15, -0.1) is 22.9 Å². The van der Waals surface area contributed by atoms with Crippen LogP contribution in [0.4, 0.5) is 10.8 Å². The number of nitro groups is 1. The minimum Gasteiger partial charge on any atom is -0.467 e. The third kappa shape index (κ3) is 8.26. The molecule has 0 unspecified atom stereocenters. The van der Waals surface area contributed by atoms with Crippen LogP contribution in [0.15, 0.2) is 34.8 Å². The number of hydrogen-bond acceptors (Lipinski definition) is 15. The van der Waals surface area contributed by atoms with Crippen molar-refractivity contribution in [3.8, 4) is 0 Å². The molecule has 1 aliphatic rings. The lowest BCUT2D eigenvalue weighted by Gasteiger charge is -2.41. The van der Waals surface area contributed by atoms with Gasteiger partial charge in [0.15, 0.2) is 16.9 Å². The first kappa shape index (κ1) is 34.8. The fourth-order valence-corrected chi connectivity index (χ4v) is 5.07. The molecule has 242 valence electrons. The third-order valence-electron chi connectivity index (χ3n) is 5.73. The number of ether oxygens (including phenoxy) is 2. The highest BCUT2D eigenvalue weighted by molar-refractivity contribution is 7.84. The van der Waals surface area contributed by atoms with Crippen LogP contribution in [0.2, 0.25) is 0 Å². The van der Waals surface area contributed by atoms with Gasteiger partial charge in [0.05, 0.1) is 12.0 Å². The number of methoxy groups -OCH3 is 1. The first-order valence-electron chi connectivity index (χ1n) is 12.2. The standard InChI is InChI=1S/C23H23ClN6O13S2/c1-23(2,21(35)42-9-11-4-6-12(7-5-11)30(36)37)43-28-15(13-10-44-22(25-13)26-14(31)8-24)18(32)27-16-17(20(34)41-3)29(19(16)33)45(38,39)40/h4-7,10,16-17H,8-9H2,1-3H3,(H,27,32)(H,25,26,31)(H,38,39,40)/t16-,17+/m1/s1. The number of nitrogens with one attached hydrogen (secondary N) is 2. The van der Waals surface area contributed by atoms with E-state index in [1.165, 1.54) is 43.5 Å². The van der Waals surface area contributed by atoms with Gasteiger partial charge in [0, 0.05) is 17.5 Å². The summed E-state index contributed by atoms with van der Waals surface area (Å²) in [5, 5.41) is 20.2. The Morgan fingerprint density at radius 2 is 1.89 bits per heavy atom. The summed E-state index contributed by atoms with van der Waals surface area (Å²) in [5.74, 6) is -5.97. The largest absolute Gasteiger partial charge is 0.467 e. The molecule has 0 aliphatic carbocycles. The number of amides is 3. The van der Waals surface area contributed by atoms with Crippen LogP contribution in [-0.4, -0.2) is 93.2 Å². The molecule has 0 radical (unpaired) electrons. The molecule has 3 rings (SSSR count). The summed E-state index contributed by atoms with van der Waals surface area (Å²) in [6.45, 7) is 2.15. The van der Waals surface area contributed by atoms with Gasteiger partial charge in [0.2, 0.25) is 11.5 Å². The summed E-state index contributed by atoms with van der Waals surface area (Å²) in [6.07, 6.45) is 0. The molecule has 1 aromatic heterocycles. The predicted molar refractivity (Wildman–Crippen MR) is 152 cm³/mol. The van der Waals surface area contributed by atoms with E-state index >= 15 is 0 Å². The maximum absolute atomic E-state index is 13.3. The lowest BCUT2D eigenvalue weighted by atomic mass is 9.98. The smallest absolute Gasteiger partial charge is 0.363 e. The maximum atomic E-state index is 13.3. The van der Waals surface area contributed by atoms with Crippen molar-refractivity contribution in [1.29, 1.82) is 0 Å². The number of β-lactam (4-membered cyclic amide) rings is 1. The number of rotatable bonds is 13. The van der Waals surface area contributed by atoms with Crippen molar-refractivity contribution in [3.05, 3.63) is 51.0 Å². The van der Waals surface area contributed by atoms with Crippen LogP contribution in [0.1, 0.15) is 25.1 Å². The van der Waals surface area contributed by atoms with Crippen LogP contribution < -0.4 is 10.6 Å². The zero-order valence-corrected chi connectivity index (χ0v) is 25.7. The number of aromatic nitrogens is 1. The van der Waals surface area contributed by atoms with Gasteiger partial charge >= 0.3 is 22.2 Å². The molecule has 2 heterocycles. The molecule has 1 aliphatic heterocycles. The molecule has 22 heteroatoms. The SMILES string of the molecule is COC(=O)[C@@H]1[C@@H](NC(=O)C(=NOC(C)(C)C(=O)OCc2ccc([N+](=O)[O-])cc2)c2csc(NC(=O)CCl)n2)C(=O)N1S(=O)(=O)O. The number of thiazole rings is 1. The van der Waals surface area contributed by atoms with E-state index in [4.69, 9.17) is 21.2 Å². The number of carbonyl (C=O) groups is 5. The van der Waals surface area contributed by atoms with Crippen molar-refractivity contribution >= 4 is 79.4 Å². The van der Waals surface area contributed by atoms with Crippen molar-refractivity contribution in [3.63, 3.8) is 0 Å². The van der Waals surface area contributed by atoms with Crippen molar-refractivity contribution in [2.45, 2.75) is 38.1 Å². The molecule has 45 heavy (non-hydrogen) atoms. The Balaban J connectivity index is 1.85. The van der Waals surface area contributed by atoms with Crippen LogP contribution in [0.25, 0.3) is 0 Å². The molecular formula is C23H23ClN6O13S2. The number of halogens is 1. The molecule has 0 saturated carbocycles. The molecule has 3 amide bonds. The van der Waals surface area contributed by atoms with E-state index in [0.717, 1.165) is 18.4 Å². The molecule has 2 aromatic rings. The molecule has 19 nitrogen and oxygen atoms in total. The summed E-state index contributed by atoms with van der Waals surface area (Å²) < 4.78 is 42.0. The monoisotopic (exact) mass is 690 g/mol. The number of carbonyl (C=O) groups excluding carboxylic acids is 5. The Bertz CT molecular complexity index is 1660. The average Bonchev–Trinajstić information content (AvgIpc) is 3.43. The van der Waals surface area contributed by atoms with Gasteiger partial charge in [-0.1, -0.05) is 5.16 Å². The van der Waals surface area contributed by atoms with E-state index in [9.17, 15) is 47.1 Å². The van der Waals surface area contributed by atoms with Gasteiger partial charge in [-0.25, -0.2) is 14.6 Å². The summed E-state index contributed by atoms with van der Waals surface area (Å²) in [5.41, 5.74) is -2.60. The highest BCUT2D eigenvalue weighted by atomic mass is 35.5. The number of non-ortho nitro benzene ring substituents is 1. The fourth-order valence-electron chi connectivity index (χ4n) is 3.45. The van der Waals surface area contributed by atoms with Gasteiger partial charge < -0.3 is 24.9 Å². The lowest BCUT2D eigenvalue weighted by Crippen LogP contribution is -2.74. The van der Waals surface area contributed by atoms with Gasteiger partial charge in [-0.2, -0.15) is 12.7 Å². The summed E-state index contributed by atoms with van der Waals surface area (Å²) in [6, 6.07) is 1.36. The second-order valence-electron chi connectivity index (χ2n) is 9.29. The third-order valence-corrected chi connectivity index (χ3v) is 7.64.